The number of para-hydroxylation sites is 3. The van der Waals surface area contributed by atoms with Crippen LogP contribution in [0.3, 0.4) is 0 Å². The lowest BCUT2D eigenvalue weighted by Gasteiger charge is -2.19. The summed E-state index contributed by atoms with van der Waals surface area (Å²) in [5.41, 5.74) is 0. The predicted molar refractivity (Wildman–Crippen MR) is 94.6 cm³/mol. The molecule has 0 bridgehead atoms. The van der Waals surface area contributed by atoms with E-state index in [1.54, 1.807) is 72.8 Å². The SMILES string of the molecule is O=P(Oc1ccccc1)(Oc1ccccc1)Oc1ccccc1.[B]. The maximum absolute atomic E-state index is 13.1. The van der Waals surface area contributed by atoms with Gasteiger partial charge in [0.25, 0.3) is 0 Å². The van der Waals surface area contributed by atoms with Crippen molar-refractivity contribution in [1.29, 1.82) is 0 Å². The highest BCUT2D eigenvalue weighted by Gasteiger charge is 2.33. The molecule has 3 aromatic rings. The third kappa shape index (κ3) is 4.93. The van der Waals surface area contributed by atoms with Crippen molar-refractivity contribution >= 4 is 16.2 Å². The van der Waals surface area contributed by atoms with Crippen LogP contribution in [-0.4, -0.2) is 8.41 Å². The zero-order valence-electron chi connectivity index (χ0n) is 12.8. The summed E-state index contributed by atoms with van der Waals surface area (Å²) in [6.07, 6.45) is 0. The van der Waals surface area contributed by atoms with E-state index in [9.17, 15) is 4.57 Å². The standard InChI is InChI=1S/C18H15O4P.B/c19-23(20-16-10-4-1-5-11-16,21-17-12-6-2-7-13-17)22-18-14-8-3-9-15-18;/h1-15H;. The lowest BCUT2D eigenvalue weighted by Crippen LogP contribution is -2.07. The Labute approximate surface area is 143 Å². The van der Waals surface area contributed by atoms with Gasteiger partial charge in [-0.25, -0.2) is 0 Å². The van der Waals surface area contributed by atoms with E-state index in [1.165, 1.54) is 0 Å². The van der Waals surface area contributed by atoms with Crippen molar-refractivity contribution in [3.63, 3.8) is 0 Å². The van der Waals surface area contributed by atoms with Crippen molar-refractivity contribution in [2.75, 3.05) is 0 Å². The number of phosphoric acid groups is 1. The molecule has 0 fully saturated rings. The summed E-state index contributed by atoms with van der Waals surface area (Å²) in [6.45, 7) is 0. The van der Waals surface area contributed by atoms with Crippen molar-refractivity contribution in [3.05, 3.63) is 91.0 Å². The third-order valence-electron chi connectivity index (χ3n) is 2.88. The molecule has 0 aliphatic carbocycles. The molecule has 0 heterocycles. The Morgan fingerprint density at radius 3 is 1.00 bits per heavy atom. The van der Waals surface area contributed by atoms with Gasteiger partial charge in [0.05, 0.1) is 0 Å². The summed E-state index contributed by atoms with van der Waals surface area (Å²) in [7, 11) is -3.89. The molecule has 0 amide bonds. The highest BCUT2D eigenvalue weighted by molar-refractivity contribution is 7.49. The Balaban J connectivity index is 0.00000208. The van der Waals surface area contributed by atoms with Crippen LogP contribution < -0.4 is 13.6 Å². The van der Waals surface area contributed by atoms with Crippen LogP contribution in [0.1, 0.15) is 0 Å². The molecule has 3 rings (SSSR count). The maximum atomic E-state index is 13.1. The van der Waals surface area contributed by atoms with E-state index < -0.39 is 7.82 Å². The summed E-state index contributed by atoms with van der Waals surface area (Å²) >= 11 is 0. The third-order valence-corrected chi connectivity index (χ3v) is 4.18. The Bertz CT molecular complexity index is 674. The van der Waals surface area contributed by atoms with E-state index in [0.717, 1.165) is 0 Å². The van der Waals surface area contributed by atoms with Crippen molar-refractivity contribution < 1.29 is 18.1 Å². The first-order valence-corrected chi connectivity index (χ1v) is 8.54. The lowest BCUT2D eigenvalue weighted by molar-refractivity contribution is 0.298. The van der Waals surface area contributed by atoms with E-state index in [0.29, 0.717) is 17.2 Å². The van der Waals surface area contributed by atoms with Gasteiger partial charge in [0.15, 0.2) is 0 Å². The molecule has 0 unspecified atom stereocenters. The van der Waals surface area contributed by atoms with Crippen molar-refractivity contribution in [2.24, 2.45) is 0 Å². The van der Waals surface area contributed by atoms with Crippen LogP contribution in [-0.2, 0) is 4.57 Å². The molecule has 6 heteroatoms. The second-order valence-electron chi connectivity index (χ2n) is 4.66. The van der Waals surface area contributed by atoms with Crippen molar-refractivity contribution in [1.82, 2.24) is 0 Å². The monoisotopic (exact) mass is 337 g/mol. The number of rotatable bonds is 6. The first-order chi connectivity index (χ1) is 11.2. The first-order valence-electron chi connectivity index (χ1n) is 7.07. The normalized spacial score (nSPS) is 10.3. The van der Waals surface area contributed by atoms with E-state index in [1.807, 2.05) is 18.2 Å². The van der Waals surface area contributed by atoms with Crippen molar-refractivity contribution in [2.45, 2.75) is 0 Å². The van der Waals surface area contributed by atoms with Crippen LogP contribution in [0.15, 0.2) is 91.0 Å². The summed E-state index contributed by atoms with van der Waals surface area (Å²) in [5, 5.41) is 0. The largest absolute Gasteiger partial charge is 0.647 e. The molecule has 0 atom stereocenters. The molecule has 24 heavy (non-hydrogen) atoms. The zero-order chi connectivity index (χ0) is 16.0. The average molecular weight is 337 g/mol. The highest BCUT2D eigenvalue weighted by atomic mass is 31.2. The van der Waals surface area contributed by atoms with Crippen molar-refractivity contribution in [3.8, 4) is 17.2 Å². The van der Waals surface area contributed by atoms with Crippen LogP contribution in [0.2, 0.25) is 0 Å². The smallest absolute Gasteiger partial charge is 0.386 e. The van der Waals surface area contributed by atoms with Crippen LogP contribution in [0.4, 0.5) is 0 Å². The van der Waals surface area contributed by atoms with Gasteiger partial charge in [-0.15, -0.1) is 0 Å². The second-order valence-corrected chi connectivity index (χ2v) is 6.10. The summed E-state index contributed by atoms with van der Waals surface area (Å²) in [5.74, 6) is 1.22. The minimum absolute atomic E-state index is 0. The van der Waals surface area contributed by atoms with Gasteiger partial charge in [0.1, 0.15) is 17.2 Å². The second kappa shape index (κ2) is 8.28. The molecule has 0 aliphatic rings. The van der Waals surface area contributed by atoms with Gasteiger partial charge in [0.2, 0.25) is 0 Å². The van der Waals surface area contributed by atoms with Gasteiger partial charge >= 0.3 is 7.82 Å². The van der Waals surface area contributed by atoms with E-state index in [4.69, 9.17) is 13.6 Å². The van der Waals surface area contributed by atoms with Crippen LogP contribution in [0.5, 0.6) is 17.2 Å². The molecule has 0 saturated carbocycles. The molecule has 3 radical (unpaired) electrons. The molecular weight excluding hydrogens is 322 g/mol. The Kier molecular flexibility index (Phi) is 6.10. The maximum Gasteiger partial charge on any atom is 0.647 e. The number of phosphoric ester groups is 1. The number of benzene rings is 3. The average Bonchev–Trinajstić information content (AvgIpc) is 2.57. The van der Waals surface area contributed by atoms with Crippen LogP contribution >= 0.6 is 7.82 Å². The fourth-order valence-corrected chi connectivity index (χ4v) is 3.14. The van der Waals surface area contributed by atoms with Crippen LogP contribution in [0, 0.1) is 0 Å². The minimum Gasteiger partial charge on any atom is -0.386 e. The quantitative estimate of drug-likeness (QED) is 0.472. The number of hydrogen-bond acceptors (Lipinski definition) is 4. The highest BCUT2D eigenvalue weighted by Crippen LogP contribution is 2.49. The van der Waals surface area contributed by atoms with Gasteiger partial charge < -0.3 is 13.6 Å². The van der Waals surface area contributed by atoms with E-state index in [2.05, 4.69) is 0 Å². The summed E-state index contributed by atoms with van der Waals surface area (Å²) < 4.78 is 29.6. The van der Waals surface area contributed by atoms with Gasteiger partial charge in [-0.1, -0.05) is 54.6 Å². The Morgan fingerprint density at radius 1 is 0.500 bits per heavy atom. The molecule has 119 valence electrons. The number of hydrogen-bond donors (Lipinski definition) is 0. The molecule has 0 N–H and O–H groups in total. The Morgan fingerprint density at radius 2 is 0.750 bits per heavy atom. The fraction of sp³-hybridized carbons (Fsp3) is 0. The van der Waals surface area contributed by atoms with E-state index in [-0.39, 0.29) is 8.41 Å². The minimum atomic E-state index is -3.89. The zero-order valence-corrected chi connectivity index (χ0v) is 13.7. The Hall–Kier alpha value is -2.65. The molecular formula is C18H15BO4P. The topological polar surface area (TPSA) is 44.8 Å². The van der Waals surface area contributed by atoms with Gasteiger partial charge in [-0.3, -0.25) is 0 Å². The first kappa shape index (κ1) is 17.7. The molecule has 0 aromatic heterocycles. The van der Waals surface area contributed by atoms with Gasteiger partial charge in [-0.05, 0) is 36.4 Å². The molecule has 4 nitrogen and oxygen atoms in total. The molecule has 3 aromatic carbocycles. The molecule has 0 saturated heterocycles. The van der Waals surface area contributed by atoms with Crippen LogP contribution in [0.25, 0.3) is 0 Å². The predicted octanol–water partition coefficient (Wildman–Crippen LogP) is 4.95. The summed E-state index contributed by atoms with van der Waals surface area (Å²) in [4.78, 5) is 0. The summed E-state index contributed by atoms with van der Waals surface area (Å²) in [6, 6.07) is 26.4. The van der Waals surface area contributed by atoms with E-state index >= 15 is 0 Å². The molecule has 0 spiro atoms. The van der Waals surface area contributed by atoms with Gasteiger partial charge in [-0.2, -0.15) is 4.57 Å². The van der Waals surface area contributed by atoms with Gasteiger partial charge in [0, 0.05) is 8.41 Å². The molecule has 0 aliphatic heterocycles. The lowest BCUT2D eigenvalue weighted by atomic mass is 10.3. The fourth-order valence-electron chi connectivity index (χ4n) is 1.89.